The number of aliphatic hydroxyl groups excluding tert-OH is 1. The van der Waals surface area contributed by atoms with Crippen molar-refractivity contribution in [1.29, 1.82) is 0 Å². The molecule has 0 amide bonds. The monoisotopic (exact) mass is 458 g/mol. The first-order valence-electron chi connectivity index (χ1n) is 11.0. The lowest BCUT2D eigenvalue weighted by Gasteiger charge is -2.30. The molecule has 1 N–H and O–H groups in total. The second-order valence-electron chi connectivity index (χ2n) is 8.74. The number of benzene rings is 2. The highest BCUT2D eigenvalue weighted by Crippen LogP contribution is 2.20. The zero-order valence-corrected chi connectivity index (χ0v) is 19.7. The Hall–Kier alpha value is -2.74. The van der Waals surface area contributed by atoms with Gasteiger partial charge in [0, 0.05) is 6.42 Å². The number of esters is 2. The summed E-state index contributed by atoms with van der Waals surface area (Å²) in [6.45, 7) is 5.75. The molecule has 2 rings (SSSR count). The van der Waals surface area contributed by atoms with Crippen LogP contribution in [0, 0.1) is 5.41 Å². The van der Waals surface area contributed by atoms with Gasteiger partial charge >= 0.3 is 11.9 Å². The van der Waals surface area contributed by atoms with Crippen molar-refractivity contribution >= 4 is 11.9 Å². The third-order valence-corrected chi connectivity index (χ3v) is 4.96. The number of carbonyl (C=O) groups is 2. The fourth-order valence-corrected chi connectivity index (χ4v) is 3.03. The number of methoxy groups -OCH3 is 1. The van der Waals surface area contributed by atoms with Crippen LogP contribution in [0.1, 0.15) is 38.3 Å². The van der Waals surface area contributed by atoms with Gasteiger partial charge in [-0.25, -0.2) is 4.79 Å². The molecule has 7 nitrogen and oxygen atoms in total. The number of hydrogen-bond donors (Lipinski definition) is 1. The van der Waals surface area contributed by atoms with Crippen LogP contribution < -0.4 is 0 Å². The minimum absolute atomic E-state index is 0.0502. The number of rotatable bonds is 12. The maximum atomic E-state index is 12.2. The first-order chi connectivity index (χ1) is 15.7. The molecule has 2 aromatic rings. The van der Waals surface area contributed by atoms with E-state index in [0.29, 0.717) is 0 Å². The van der Waals surface area contributed by atoms with Gasteiger partial charge in [-0.15, -0.1) is 0 Å². The van der Waals surface area contributed by atoms with Gasteiger partial charge in [-0.05, 0) is 31.9 Å². The Balaban J connectivity index is 2.18. The smallest absolute Gasteiger partial charge is 0.337 e. The largest absolute Gasteiger partial charge is 0.467 e. The van der Waals surface area contributed by atoms with Crippen LogP contribution in [0.2, 0.25) is 0 Å². The predicted molar refractivity (Wildman–Crippen MR) is 123 cm³/mol. The Morgan fingerprint density at radius 1 is 0.879 bits per heavy atom. The summed E-state index contributed by atoms with van der Waals surface area (Å²) >= 11 is 0. The molecular weight excluding hydrogens is 424 g/mol. The maximum Gasteiger partial charge on any atom is 0.337 e. The molecule has 0 aliphatic heterocycles. The molecule has 2 aromatic carbocycles. The van der Waals surface area contributed by atoms with E-state index in [1.807, 2.05) is 60.7 Å². The number of ether oxygens (including phenoxy) is 4. The Morgan fingerprint density at radius 3 is 1.88 bits per heavy atom. The molecular formula is C26H34O7. The summed E-state index contributed by atoms with van der Waals surface area (Å²) in [5.74, 6) is -1.17. The minimum atomic E-state index is -1.57. The normalized spacial score (nSPS) is 14.2. The van der Waals surface area contributed by atoms with Crippen LogP contribution in [0.5, 0.6) is 0 Å². The number of carbonyl (C=O) groups excluding carboxylic acids is 2. The van der Waals surface area contributed by atoms with Gasteiger partial charge in [0.1, 0.15) is 6.10 Å². The van der Waals surface area contributed by atoms with E-state index in [1.54, 1.807) is 20.8 Å². The zero-order chi connectivity index (χ0) is 24.3. The molecule has 0 saturated heterocycles. The molecule has 0 unspecified atom stereocenters. The topological polar surface area (TPSA) is 91.3 Å². The molecule has 180 valence electrons. The van der Waals surface area contributed by atoms with Crippen molar-refractivity contribution in [1.82, 2.24) is 0 Å². The molecule has 7 heteroatoms. The van der Waals surface area contributed by atoms with Crippen LogP contribution >= 0.6 is 0 Å². The summed E-state index contributed by atoms with van der Waals surface area (Å²) in [4.78, 5) is 24.3. The summed E-state index contributed by atoms with van der Waals surface area (Å²) in [5.41, 5.74) is 1.15. The third kappa shape index (κ3) is 8.96. The molecule has 0 heterocycles. The molecule has 0 aromatic heterocycles. The van der Waals surface area contributed by atoms with Crippen LogP contribution in [0.4, 0.5) is 0 Å². The van der Waals surface area contributed by atoms with Crippen LogP contribution in [0.15, 0.2) is 60.7 Å². The Labute approximate surface area is 195 Å². The highest BCUT2D eigenvalue weighted by Gasteiger charge is 2.36. The van der Waals surface area contributed by atoms with E-state index < -0.39 is 29.7 Å². The first kappa shape index (κ1) is 26.5. The summed E-state index contributed by atoms with van der Waals surface area (Å²) in [7, 11) is 1.20. The van der Waals surface area contributed by atoms with Gasteiger partial charge < -0.3 is 24.1 Å². The fraction of sp³-hybridized carbons (Fsp3) is 0.462. The van der Waals surface area contributed by atoms with Gasteiger partial charge in [-0.2, -0.15) is 0 Å². The van der Waals surface area contributed by atoms with Gasteiger partial charge in [0.2, 0.25) is 0 Å². The molecule has 3 atom stereocenters. The van der Waals surface area contributed by atoms with Crippen molar-refractivity contribution in [2.24, 2.45) is 5.41 Å². The Bertz CT molecular complexity index is 846. The summed E-state index contributed by atoms with van der Waals surface area (Å²) < 4.78 is 22.2. The fourth-order valence-electron chi connectivity index (χ4n) is 3.03. The standard InChI is InChI=1S/C26H34O7/c1-26(2,3)25(29)31-16-15-21(32-17-19-11-7-5-8-12-19)23(22(27)24(28)30-4)33-18-20-13-9-6-10-14-20/h5-14,21-23,27H,15-18H2,1-4H3/t21-,22+,23+/m0/s1. The summed E-state index contributed by atoms with van der Waals surface area (Å²) in [6, 6.07) is 18.9. The second-order valence-corrected chi connectivity index (χ2v) is 8.74. The van der Waals surface area contributed by atoms with Gasteiger partial charge in [0.25, 0.3) is 0 Å². The quantitative estimate of drug-likeness (QED) is 0.485. The van der Waals surface area contributed by atoms with Gasteiger partial charge in [-0.3, -0.25) is 4.79 Å². The van der Waals surface area contributed by atoms with Crippen LogP contribution in [0.25, 0.3) is 0 Å². The van der Waals surface area contributed by atoms with Crippen LogP contribution in [0.3, 0.4) is 0 Å². The Morgan fingerprint density at radius 2 is 1.39 bits per heavy atom. The predicted octanol–water partition coefficient (Wildman–Crippen LogP) is 3.67. The van der Waals surface area contributed by atoms with Crippen molar-refractivity contribution in [3.8, 4) is 0 Å². The van der Waals surface area contributed by atoms with Crippen molar-refractivity contribution < 1.29 is 33.6 Å². The van der Waals surface area contributed by atoms with Gasteiger partial charge in [0.05, 0.1) is 38.4 Å². The average Bonchev–Trinajstić information content (AvgIpc) is 2.81. The third-order valence-electron chi connectivity index (χ3n) is 4.96. The van der Waals surface area contributed by atoms with E-state index in [9.17, 15) is 14.7 Å². The minimum Gasteiger partial charge on any atom is -0.467 e. The molecule has 0 saturated carbocycles. The van der Waals surface area contributed by atoms with E-state index in [2.05, 4.69) is 0 Å². The van der Waals surface area contributed by atoms with Crippen molar-refractivity contribution in [2.75, 3.05) is 13.7 Å². The van der Waals surface area contributed by atoms with Crippen molar-refractivity contribution in [3.05, 3.63) is 71.8 Å². The summed E-state index contributed by atoms with van der Waals surface area (Å²) in [5, 5.41) is 10.7. The number of aliphatic hydroxyl groups is 1. The highest BCUT2D eigenvalue weighted by atomic mass is 16.6. The first-order valence-corrected chi connectivity index (χ1v) is 11.0. The average molecular weight is 459 g/mol. The van der Waals surface area contributed by atoms with E-state index in [4.69, 9.17) is 18.9 Å². The van der Waals surface area contributed by atoms with Crippen LogP contribution in [-0.2, 0) is 41.8 Å². The van der Waals surface area contributed by atoms with Crippen molar-refractivity contribution in [2.45, 2.75) is 58.7 Å². The van der Waals surface area contributed by atoms with E-state index in [1.165, 1.54) is 7.11 Å². The highest BCUT2D eigenvalue weighted by molar-refractivity contribution is 5.75. The van der Waals surface area contributed by atoms with E-state index in [-0.39, 0.29) is 32.2 Å². The van der Waals surface area contributed by atoms with Gasteiger partial charge in [-0.1, -0.05) is 60.7 Å². The lowest BCUT2D eigenvalue weighted by Crippen LogP contribution is -2.46. The van der Waals surface area contributed by atoms with E-state index in [0.717, 1.165) is 11.1 Å². The lowest BCUT2D eigenvalue weighted by atomic mass is 9.97. The molecule has 0 spiro atoms. The Kier molecular flexibility index (Phi) is 10.5. The van der Waals surface area contributed by atoms with Crippen molar-refractivity contribution in [3.63, 3.8) is 0 Å². The SMILES string of the molecule is COC(=O)[C@H](O)[C@H](OCc1ccccc1)[C@H](CCOC(=O)C(C)(C)C)OCc1ccccc1. The molecule has 33 heavy (non-hydrogen) atoms. The number of hydrogen-bond acceptors (Lipinski definition) is 7. The summed E-state index contributed by atoms with van der Waals surface area (Å²) in [6.07, 6.45) is -3.12. The van der Waals surface area contributed by atoms with Gasteiger partial charge in [0.15, 0.2) is 6.10 Å². The maximum absolute atomic E-state index is 12.2. The molecule has 0 bridgehead atoms. The van der Waals surface area contributed by atoms with Crippen LogP contribution in [-0.4, -0.2) is 49.1 Å². The molecule has 0 aliphatic carbocycles. The molecule has 0 radical (unpaired) electrons. The lowest BCUT2D eigenvalue weighted by molar-refractivity contribution is -0.177. The van der Waals surface area contributed by atoms with E-state index >= 15 is 0 Å². The zero-order valence-electron chi connectivity index (χ0n) is 19.7. The molecule has 0 fully saturated rings. The molecule has 0 aliphatic rings. The second kappa shape index (κ2) is 13.1.